The summed E-state index contributed by atoms with van der Waals surface area (Å²) < 4.78 is 39.6. The van der Waals surface area contributed by atoms with Crippen molar-refractivity contribution in [2.24, 2.45) is 5.92 Å². The molecule has 1 aliphatic rings. The molecule has 2 aromatic heterocycles. The Morgan fingerprint density at radius 2 is 1.88 bits per heavy atom. The van der Waals surface area contributed by atoms with Gasteiger partial charge in [0, 0.05) is 18.4 Å². The smallest absolute Gasteiger partial charge is 0.383 e. The standard InChI is InChI=1S/C17H22F3N5/c1-2-3-10-4-6-11(7-5-10)24-16-23-8-12-14(25-16)13(17(18,19)20)9-22-15(12)21/h8-11H,2-7H2,1H3,(H2,21,22)(H,23,24,25). The van der Waals surface area contributed by atoms with Crippen LogP contribution in [0, 0.1) is 5.92 Å². The lowest BCUT2D eigenvalue weighted by atomic mass is 9.83. The Labute approximate surface area is 144 Å². The number of hydrogen-bond acceptors (Lipinski definition) is 5. The molecular formula is C17H22F3N5. The number of aromatic nitrogens is 3. The summed E-state index contributed by atoms with van der Waals surface area (Å²) >= 11 is 0. The zero-order valence-electron chi connectivity index (χ0n) is 14.1. The van der Waals surface area contributed by atoms with Crippen LogP contribution in [0.2, 0.25) is 0 Å². The molecule has 0 unspecified atom stereocenters. The van der Waals surface area contributed by atoms with Crippen LogP contribution in [-0.4, -0.2) is 21.0 Å². The summed E-state index contributed by atoms with van der Waals surface area (Å²) in [7, 11) is 0. The molecule has 2 heterocycles. The van der Waals surface area contributed by atoms with Gasteiger partial charge >= 0.3 is 6.18 Å². The normalized spacial score (nSPS) is 21.4. The van der Waals surface area contributed by atoms with Gasteiger partial charge in [-0.1, -0.05) is 19.8 Å². The molecule has 0 radical (unpaired) electrons. The lowest BCUT2D eigenvalue weighted by molar-refractivity contribution is -0.136. The van der Waals surface area contributed by atoms with Gasteiger partial charge in [-0.25, -0.2) is 15.0 Å². The van der Waals surface area contributed by atoms with Crippen molar-refractivity contribution in [1.82, 2.24) is 15.0 Å². The molecule has 0 bridgehead atoms. The van der Waals surface area contributed by atoms with E-state index in [1.165, 1.54) is 19.0 Å². The molecule has 1 saturated carbocycles. The van der Waals surface area contributed by atoms with Gasteiger partial charge in [-0.15, -0.1) is 0 Å². The summed E-state index contributed by atoms with van der Waals surface area (Å²) in [5.41, 5.74) is 4.56. The van der Waals surface area contributed by atoms with Crippen molar-refractivity contribution in [3.8, 4) is 0 Å². The zero-order chi connectivity index (χ0) is 18.0. The average molecular weight is 353 g/mol. The van der Waals surface area contributed by atoms with Crippen LogP contribution in [0.15, 0.2) is 12.4 Å². The van der Waals surface area contributed by atoms with Crippen LogP contribution in [0.4, 0.5) is 24.9 Å². The van der Waals surface area contributed by atoms with Gasteiger partial charge in [0.1, 0.15) is 11.4 Å². The highest BCUT2D eigenvalue weighted by atomic mass is 19.4. The number of nitrogens with two attached hydrogens (primary N) is 1. The van der Waals surface area contributed by atoms with Crippen LogP contribution < -0.4 is 11.1 Å². The number of fused-ring (bicyclic) bond motifs is 1. The first-order chi connectivity index (χ1) is 11.9. The van der Waals surface area contributed by atoms with E-state index in [9.17, 15) is 13.2 Å². The molecule has 5 nitrogen and oxygen atoms in total. The molecule has 2 aromatic rings. The number of nitrogens with one attached hydrogen (secondary N) is 1. The molecule has 0 aromatic carbocycles. The fourth-order valence-corrected chi connectivity index (χ4v) is 3.50. The van der Waals surface area contributed by atoms with Gasteiger partial charge < -0.3 is 11.1 Å². The first-order valence-electron chi connectivity index (χ1n) is 8.63. The zero-order valence-corrected chi connectivity index (χ0v) is 14.1. The second-order valence-corrected chi connectivity index (χ2v) is 6.66. The van der Waals surface area contributed by atoms with E-state index < -0.39 is 11.7 Å². The van der Waals surface area contributed by atoms with Crippen LogP contribution in [0.5, 0.6) is 0 Å². The van der Waals surface area contributed by atoms with Crippen LogP contribution in [-0.2, 0) is 6.18 Å². The molecule has 3 rings (SSSR count). The third-order valence-corrected chi connectivity index (χ3v) is 4.83. The van der Waals surface area contributed by atoms with Gasteiger partial charge in [0.25, 0.3) is 0 Å². The Balaban J connectivity index is 1.82. The molecule has 8 heteroatoms. The number of halogens is 3. The topological polar surface area (TPSA) is 76.7 Å². The maximum absolute atomic E-state index is 13.2. The molecule has 136 valence electrons. The molecule has 3 N–H and O–H groups in total. The van der Waals surface area contributed by atoms with Crippen molar-refractivity contribution < 1.29 is 13.2 Å². The van der Waals surface area contributed by atoms with E-state index in [2.05, 4.69) is 27.2 Å². The lowest BCUT2D eigenvalue weighted by Crippen LogP contribution is -2.27. The molecule has 0 saturated heterocycles. The second kappa shape index (κ2) is 7.01. The second-order valence-electron chi connectivity index (χ2n) is 6.66. The van der Waals surface area contributed by atoms with Crippen LogP contribution in [0.1, 0.15) is 51.0 Å². The highest BCUT2D eigenvalue weighted by Crippen LogP contribution is 2.35. The van der Waals surface area contributed by atoms with Gasteiger partial charge in [-0.3, -0.25) is 0 Å². The van der Waals surface area contributed by atoms with Crippen molar-refractivity contribution >= 4 is 22.7 Å². The van der Waals surface area contributed by atoms with Crippen molar-refractivity contribution in [3.63, 3.8) is 0 Å². The third kappa shape index (κ3) is 3.93. The maximum atomic E-state index is 13.2. The first-order valence-corrected chi connectivity index (χ1v) is 8.63. The van der Waals surface area contributed by atoms with Crippen LogP contribution >= 0.6 is 0 Å². The van der Waals surface area contributed by atoms with Gasteiger partial charge in [0.05, 0.1) is 10.9 Å². The monoisotopic (exact) mass is 353 g/mol. The van der Waals surface area contributed by atoms with E-state index in [1.54, 1.807) is 0 Å². The summed E-state index contributed by atoms with van der Waals surface area (Å²) in [5, 5.41) is 3.30. The van der Waals surface area contributed by atoms with Crippen molar-refractivity contribution in [2.45, 2.75) is 57.7 Å². The van der Waals surface area contributed by atoms with Gasteiger partial charge in [0.2, 0.25) is 5.95 Å². The highest BCUT2D eigenvalue weighted by molar-refractivity contribution is 5.90. The number of alkyl halides is 3. The number of hydrogen-bond donors (Lipinski definition) is 2. The minimum atomic E-state index is -4.54. The Morgan fingerprint density at radius 3 is 2.52 bits per heavy atom. The Bertz CT molecular complexity index is 739. The summed E-state index contributed by atoms with van der Waals surface area (Å²) in [5.74, 6) is 0.959. The van der Waals surface area contributed by atoms with Gasteiger partial charge in [-0.05, 0) is 31.6 Å². The molecule has 0 spiro atoms. The van der Waals surface area contributed by atoms with Crippen molar-refractivity contribution in [1.29, 1.82) is 0 Å². The van der Waals surface area contributed by atoms with E-state index in [4.69, 9.17) is 5.73 Å². The van der Waals surface area contributed by atoms with Crippen molar-refractivity contribution in [3.05, 3.63) is 18.0 Å². The lowest BCUT2D eigenvalue weighted by Gasteiger charge is -2.29. The largest absolute Gasteiger partial charge is 0.419 e. The maximum Gasteiger partial charge on any atom is 0.419 e. The minimum absolute atomic E-state index is 0.00498. The quantitative estimate of drug-likeness (QED) is 0.852. The molecule has 0 aliphatic heterocycles. The summed E-state index contributed by atoms with van der Waals surface area (Å²) in [6, 6.07) is 0.194. The highest BCUT2D eigenvalue weighted by Gasteiger charge is 2.34. The number of anilines is 2. The first kappa shape index (κ1) is 17.7. The summed E-state index contributed by atoms with van der Waals surface area (Å²) in [4.78, 5) is 11.8. The minimum Gasteiger partial charge on any atom is -0.383 e. The predicted molar refractivity (Wildman–Crippen MR) is 91.0 cm³/mol. The summed E-state index contributed by atoms with van der Waals surface area (Å²) in [6.45, 7) is 2.19. The number of rotatable bonds is 4. The predicted octanol–water partition coefficient (Wildman–Crippen LogP) is 4.40. The Hall–Kier alpha value is -2.12. The molecule has 1 fully saturated rings. The fraction of sp³-hybridized carbons (Fsp3) is 0.588. The Kier molecular flexibility index (Phi) is 4.96. The van der Waals surface area contributed by atoms with Gasteiger partial charge in [-0.2, -0.15) is 13.2 Å². The SMILES string of the molecule is CCCC1CCC(Nc2ncc3c(N)ncc(C(F)(F)F)c3n2)CC1. The number of pyridine rings is 1. The van der Waals surface area contributed by atoms with E-state index in [1.807, 2.05) is 0 Å². The van der Waals surface area contributed by atoms with E-state index in [0.29, 0.717) is 0 Å². The van der Waals surface area contributed by atoms with Crippen LogP contribution in [0.25, 0.3) is 10.9 Å². The summed E-state index contributed by atoms with van der Waals surface area (Å²) in [6.07, 6.45) is 4.14. The number of nitrogen functional groups attached to an aromatic ring is 1. The van der Waals surface area contributed by atoms with E-state index in [0.717, 1.165) is 37.8 Å². The van der Waals surface area contributed by atoms with E-state index >= 15 is 0 Å². The molecule has 1 aliphatic carbocycles. The molecule has 0 atom stereocenters. The Morgan fingerprint density at radius 1 is 1.16 bits per heavy atom. The average Bonchev–Trinajstić information content (AvgIpc) is 2.56. The number of nitrogens with zero attached hydrogens (tertiary/aromatic N) is 3. The fourth-order valence-electron chi connectivity index (χ4n) is 3.50. The van der Waals surface area contributed by atoms with Crippen LogP contribution in [0.3, 0.4) is 0 Å². The molecule has 25 heavy (non-hydrogen) atoms. The van der Waals surface area contributed by atoms with Gasteiger partial charge in [0.15, 0.2) is 0 Å². The molecular weight excluding hydrogens is 331 g/mol. The molecule has 0 amide bonds. The third-order valence-electron chi connectivity index (χ3n) is 4.83. The van der Waals surface area contributed by atoms with E-state index in [-0.39, 0.29) is 28.7 Å². The van der Waals surface area contributed by atoms with Crippen molar-refractivity contribution in [2.75, 3.05) is 11.1 Å².